The molecule has 1 saturated heterocycles. The summed E-state index contributed by atoms with van der Waals surface area (Å²) in [5, 5.41) is 7.65. The standard InChI is InChI=1S/C28H28N4O3/c1-18-13-19(16-29-17-21-6-8-28(33)31-21)14-27(30-18)32-10-9-23-22(3-2-4-24(23)32)20-5-7-25-26(15-20)35-12-11-34-25/h2-5,7,9-10,13-15,21,29H,6,8,11-12,16-17H2,1H3,(H,31,33)/t21-/m0/s1. The van der Waals surface area contributed by atoms with Crippen molar-refractivity contribution < 1.29 is 14.3 Å². The summed E-state index contributed by atoms with van der Waals surface area (Å²) in [4.78, 5) is 16.3. The van der Waals surface area contributed by atoms with Crippen LogP contribution < -0.4 is 20.1 Å². The normalized spacial score (nSPS) is 17.1. The second-order valence-corrected chi connectivity index (χ2v) is 9.19. The zero-order valence-electron chi connectivity index (χ0n) is 19.7. The molecule has 1 fully saturated rings. The van der Waals surface area contributed by atoms with Gasteiger partial charge in [0.2, 0.25) is 5.91 Å². The first kappa shape index (κ1) is 21.7. The Morgan fingerprint density at radius 2 is 1.97 bits per heavy atom. The molecule has 4 aromatic rings. The number of amides is 1. The smallest absolute Gasteiger partial charge is 0.220 e. The van der Waals surface area contributed by atoms with Crippen molar-refractivity contribution in [3.05, 3.63) is 72.1 Å². The Hall–Kier alpha value is -3.84. The summed E-state index contributed by atoms with van der Waals surface area (Å²) in [6, 6.07) is 19.1. The molecule has 0 spiro atoms. The summed E-state index contributed by atoms with van der Waals surface area (Å²) >= 11 is 0. The van der Waals surface area contributed by atoms with Crippen molar-refractivity contribution in [1.82, 2.24) is 20.2 Å². The van der Waals surface area contributed by atoms with Crippen LogP contribution in [0, 0.1) is 6.92 Å². The average molecular weight is 469 g/mol. The Morgan fingerprint density at radius 3 is 2.83 bits per heavy atom. The summed E-state index contributed by atoms with van der Waals surface area (Å²) in [6.45, 7) is 4.68. The Kier molecular flexibility index (Phi) is 5.62. The maximum absolute atomic E-state index is 11.4. The fourth-order valence-corrected chi connectivity index (χ4v) is 5.00. The van der Waals surface area contributed by atoms with Crippen molar-refractivity contribution in [3.8, 4) is 28.4 Å². The van der Waals surface area contributed by atoms with Crippen molar-refractivity contribution >= 4 is 16.8 Å². The van der Waals surface area contributed by atoms with Crippen molar-refractivity contribution in [2.45, 2.75) is 32.4 Å². The van der Waals surface area contributed by atoms with Crippen LogP contribution in [0.1, 0.15) is 24.1 Å². The monoisotopic (exact) mass is 468 g/mol. The number of fused-ring (bicyclic) bond motifs is 2. The third-order valence-electron chi connectivity index (χ3n) is 6.64. The van der Waals surface area contributed by atoms with E-state index in [0.29, 0.717) is 19.6 Å². The molecule has 2 aliphatic heterocycles. The molecule has 1 atom stereocenters. The van der Waals surface area contributed by atoms with Crippen molar-refractivity contribution in [1.29, 1.82) is 0 Å². The summed E-state index contributed by atoms with van der Waals surface area (Å²) < 4.78 is 13.6. The van der Waals surface area contributed by atoms with Gasteiger partial charge in [-0.2, -0.15) is 0 Å². The number of rotatable bonds is 6. The third-order valence-corrected chi connectivity index (χ3v) is 6.64. The molecule has 7 nitrogen and oxygen atoms in total. The zero-order chi connectivity index (χ0) is 23.8. The minimum Gasteiger partial charge on any atom is -0.486 e. The lowest BCUT2D eigenvalue weighted by Crippen LogP contribution is -2.35. The van der Waals surface area contributed by atoms with E-state index in [1.807, 2.05) is 13.0 Å². The largest absolute Gasteiger partial charge is 0.486 e. The summed E-state index contributed by atoms with van der Waals surface area (Å²) in [6.07, 6.45) is 3.60. The lowest BCUT2D eigenvalue weighted by Gasteiger charge is -2.19. The van der Waals surface area contributed by atoms with E-state index in [4.69, 9.17) is 14.5 Å². The van der Waals surface area contributed by atoms with Gasteiger partial charge in [0, 0.05) is 42.8 Å². The molecule has 2 aromatic heterocycles. The second-order valence-electron chi connectivity index (χ2n) is 9.19. The van der Waals surface area contributed by atoms with Crippen LogP contribution in [-0.2, 0) is 11.3 Å². The van der Waals surface area contributed by atoms with E-state index in [1.54, 1.807) is 0 Å². The summed E-state index contributed by atoms with van der Waals surface area (Å²) in [7, 11) is 0. The Labute approximate surface area is 204 Å². The lowest BCUT2D eigenvalue weighted by molar-refractivity contribution is -0.119. The van der Waals surface area contributed by atoms with Gasteiger partial charge in [-0.15, -0.1) is 0 Å². The fourth-order valence-electron chi connectivity index (χ4n) is 5.00. The predicted molar refractivity (Wildman–Crippen MR) is 135 cm³/mol. The first-order chi connectivity index (χ1) is 17.1. The molecule has 0 bridgehead atoms. The number of carbonyl (C=O) groups is 1. The van der Waals surface area contributed by atoms with Crippen molar-refractivity contribution in [2.24, 2.45) is 0 Å². The first-order valence-corrected chi connectivity index (χ1v) is 12.1. The van der Waals surface area contributed by atoms with Gasteiger partial charge in [-0.05, 0) is 66.4 Å². The highest BCUT2D eigenvalue weighted by Crippen LogP contribution is 2.37. The molecule has 178 valence electrons. The van der Waals surface area contributed by atoms with Gasteiger partial charge in [0.1, 0.15) is 19.0 Å². The van der Waals surface area contributed by atoms with E-state index in [2.05, 4.69) is 69.9 Å². The van der Waals surface area contributed by atoms with Crippen LogP contribution in [0.25, 0.3) is 27.8 Å². The molecule has 2 aliphatic rings. The lowest BCUT2D eigenvalue weighted by atomic mass is 10.0. The summed E-state index contributed by atoms with van der Waals surface area (Å²) in [5.74, 6) is 2.63. The van der Waals surface area contributed by atoms with Gasteiger partial charge >= 0.3 is 0 Å². The van der Waals surface area contributed by atoms with E-state index in [0.717, 1.165) is 64.6 Å². The van der Waals surface area contributed by atoms with Gasteiger partial charge in [0.05, 0.1) is 5.52 Å². The molecule has 35 heavy (non-hydrogen) atoms. The molecule has 6 rings (SSSR count). The van der Waals surface area contributed by atoms with E-state index in [-0.39, 0.29) is 11.9 Å². The maximum Gasteiger partial charge on any atom is 0.220 e. The van der Waals surface area contributed by atoms with E-state index >= 15 is 0 Å². The van der Waals surface area contributed by atoms with Gasteiger partial charge in [-0.25, -0.2) is 4.98 Å². The number of aromatic nitrogens is 2. The number of nitrogens with zero attached hydrogens (tertiary/aromatic N) is 2. The highest BCUT2D eigenvalue weighted by molar-refractivity contribution is 5.96. The number of pyridine rings is 1. The number of ether oxygens (including phenoxy) is 2. The first-order valence-electron chi connectivity index (χ1n) is 12.1. The second kappa shape index (κ2) is 9.07. The summed E-state index contributed by atoms with van der Waals surface area (Å²) in [5.41, 5.74) is 5.48. The molecule has 2 N–H and O–H groups in total. The van der Waals surface area contributed by atoms with Crippen LogP contribution >= 0.6 is 0 Å². The molecule has 4 heterocycles. The molecule has 7 heteroatoms. The molecule has 2 aromatic carbocycles. The Morgan fingerprint density at radius 1 is 1.09 bits per heavy atom. The molecular weight excluding hydrogens is 440 g/mol. The minimum absolute atomic E-state index is 0.147. The highest BCUT2D eigenvalue weighted by Gasteiger charge is 2.20. The highest BCUT2D eigenvalue weighted by atomic mass is 16.6. The van der Waals surface area contributed by atoms with Crippen LogP contribution in [0.3, 0.4) is 0 Å². The third kappa shape index (κ3) is 4.35. The van der Waals surface area contributed by atoms with E-state index < -0.39 is 0 Å². The number of hydrogen-bond donors (Lipinski definition) is 2. The van der Waals surface area contributed by atoms with Crippen LogP contribution in [-0.4, -0.2) is 41.3 Å². The Bertz CT molecular complexity index is 1410. The van der Waals surface area contributed by atoms with Gasteiger partial charge in [-0.1, -0.05) is 18.2 Å². The van der Waals surface area contributed by atoms with Crippen LogP contribution in [0.4, 0.5) is 0 Å². The molecule has 0 unspecified atom stereocenters. The maximum atomic E-state index is 11.4. The van der Waals surface area contributed by atoms with Gasteiger partial charge in [0.15, 0.2) is 11.5 Å². The average Bonchev–Trinajstić information content (AvgIpc) is 3.49. The molecule has 1 amide bonds. The molecule has 0 aliphatic carbocycles. The quantitative estimate of drug-likeness (QED) is 0.445. The number of aryl methyl sites for hydroxylation is 1. The Balaban J connectivity index is 1.28. The van der Waals surface area contributed by atoms with Crippen LogP contribution in [0.15, 0.2) is 60.8 Å². The van der Waals surface area contributed by atoms with E-state index in [1.165, 1.54) is 5.56 Å². The number of benzene rings is 2. The van der Waals surface area contributed by atoms with Crippen molar-refractivity contribution in [2.75, 3.05) is 19.8 Å². The van der Waals surface area contributed by atoms with Crippen molar-refractivity contribution in [3.63, 3.8) is 0 Å². The number of hydrogen-bond acceptors (Lipinski definition) is 5. The van der Waals surface area contributed by atoms with Gasteiger partial charge < -0.3 is 24.7 Å². The molecule has 0 saturated carbocycles. The van der Waals surface area contributed by atoms with Gasteiger partial charge in [0.25, 0.3) is 0 Å². The fraction of sp³-hybridized carbons (Fsp3) is 0.286. The van der Waals surface area contributed by atoms with Crippen LogP contribution in [0.5, 0.6) is 11.5 Å². The predicted octanol–water partition coefficient (Wildman–Crippen LogP) is 4.14. The number of carbonyl (C=O) groups excluding carboxylic acids is 1. The molecule has 0 radical (unpaired) electrons. The van der Waals surface area contributed by atoms with Gasteiger partial charge in [-0.3, -0.25) is 4.79 Å². The zero-order valence-corrected chi connectivity index (χ0v) is 19.7. The van der Waals surface area contributed by atoms with Crippen LogP contribution in [0.2, 0.25) is 0 Å². The van der Waals surface area contributed by atoms with E-state index in [9.17, 15) is 4.79 Å². The SMILES string of the molecule is Cc1cc(CNC[C@@H]2CCC(=O)N2)cc(-n2ccc3c(-c4ccc5c(c4)OCCO5)cccc32)n1. The molecular formula is C28H28N4O3. The minimum atomic E-state index is 0.147. The number of nitrogens with one attached hydrogen (secondary N) is 2. The topological polar surface area (TPSA) is 77.4 Å².